The molecule has 4 rings (SSSR count). The average Bonchev–Trinajstić information content (AvgIpc) is 3.41. The van der Waals surface area contributed by atoms with Crippen molar-refractivity contribution in [3.8, 4) is 0 Å². The van der Waals surface area contributed by atoms with Crippen molar-refractivity contribution >= 4 is 33.0 Å². The lowest BCUT2D eigenvalue weighted by Crippen LogP contribution is -2.43. The normalized spacial score (nSPS) is 17.7. The summed E-state index contributed by atoms with van der Waals surface area (Å²) < 4.78 is 29.5. The monoisotopic (exact) mass is 444 g/mol. The Labute approximate surface area is 180 Å². The standard InChI is InChI=1S/C21H24N4O3S2/c1-16-9-10-20(29-16)30(27,28)25-13-4-7-18(15-25)21(26)23-19-8-3-2-6-17(19)14-24-12-5-11-22-24/h2-3,5-6,8-12,18H,4,7,13-15H2,1H3,(H,23,26). The molecule has 1 aliphatic heterocycles. The molecule has 9 heteroatoms. The van der Waals surface area contributed by atoms with Gasteiger partial charge in [-0.05, 0) is 49.6 Å². The van der Waals surface area contributed by atoms with E-state index in [0.717, 1.165) is 16.1 Å². The fraction of sp³-hybridized carbons (Fsp3) is 0.333. The number of benzene rings is 1. The first-order valence-electron chi connectivity index (χ1n) is 9.86. The van der Waals surface area contributed by atoms with E-state index >= 15 is 0 Å². The van der Waals surface area contributed by atoms with Crippen molar-refractivity contribution in [1.82, 2.24) is 14.1 Å². The smallest absolute Gasteiger partial charge is 0.252 e. The van der Waals surface area contributed by atoms with Gasteiger partial charge in [-0.25, -0.2) is 8.42 Å². The van der Waals surface area contributed by atoms with Crippen molar-refractivity contribution in [3.63, 3.8) is 0 Å². The van der Waals surface area contributed by atoms with Crippen molar-refractivity contribution in [2.45, 2.75) is 30.5 Å². The summed E-state index contributed by atoms with van der Waals surface area (Å²) >= 11 is 1.27. The third-order valence-electron chi connectivity index (χ3n) is 5.23. The summed E-state index contributed by atoms with van der Waals surface area (Å²) in [5, 5.41) is 7.23. The average molecular weight is 445 g/mol. The zero-order valence-electron chi connectivity index (χ0n) is 16.7. The summed E-state index contributed by atoms with van der Waals surface area (Å²) in [4.78, 5) is 13.9. The lowest BCUT2D eigenvalue weighted by molar-refractivity contribution is -0.120. The number of rotatable bonds is 6. The summed E-state index contributed by atoms with van der Waals surface area (Å²) in [6.07, 6.45) is 4.92. The molecule has 158 valence electrons. The molecule has 0 spiro atoms. The Hall–Kier alpha value is -2.49. The van der Waals surface area contributed by atoms with Gasteiger partial charge >= 0.3 is 0 Å². The highest BCUT2D eigenvalue weighted by molar-refractivity contribution is 7.91. The maximum absolute atomic E-state index is 13.0. The Bertz CT molecular complexity index is 1120. The number of nitrogens with one attached hydrogen (secondary N) is 1. The van der Waals surface area contributed by atoms with Crippen LogP contribution in [0.4, 0.5) is 5.69 Å². The van der Waals surface area contributed by atoms with Gasteiger partial charge in [0.05, 0.1) is 12.5 Å². The fourth-order valence-electron chi connectivity index (χ4n) is 3.64. The van der Waals surface area contributed by atoms with Crippen LogP contribution in [0.5, 0.6) is 0 Å². The van der Waals surface area contributed by atoms with E-state index in [1.54, 1.807) is 16.9 Å². The molecule has 0 bridgehead atoms. The number of aryl methyl sites for hydroxylation is 1. The maximum atomic E-state index is 13.0. The second-order valence-electron chi connectivity index (χ2n) is 7.42. The molecular weight excluding hydrogens is 420 g/mol. The minimum Gasteiger partial charge on any atom is -0.325 e. The number of anilines is 1. The van der Waals surface area contributed by atoms with Gasteiger partial charge in [0.1, 0.15) is 4.21 Å². The van der Waals surface area contributed by atoms with Crippen molar-refractivity contribution in [3.05, 3.63) is 65.3 Å². The van der Waals surface area contributed by atoms with Gasteiger partial charge in [0, 0.05) is 36.0 Å². The van der Waals surface area contributed by atoms with Crippen LogP contribution in [0.25, 0.3) is 0 Å². The summed E-state index contributed by atoms with van der Waals surface area (Å²) in [7, 11) is -3.56. The first-order chi connectivity index (χ1) is 14.4. The molecule has 1 atom stereocenters. The predicted octanol–water partition coefficient (Wildman–Crippen LogP) is 3.34. The van der Waals surface area contributed by atoms with E-state index in [-0.39, 0.29) is 18.4 Å². The number of carbonyl (C=O) groups is 1. The van der Waals surface area contributed by atoms with Crippen LogP contribution >= 0.6 is 11.3 Å². The topological polar surface area (TPSA) is 84.3 Å². The van der Waals surface area contributed by atoms with Crippen LogP contribution in [0.1, 0.15) is 23.3 Å². The van der Waals surface area contributed by atoms with Gasteiger partial charge in [0.2, 0.25) is 5.91 Å². The molecule has 3 aromatic rings. The van der Waals surface area contributed by atoms with Crippen LogP contribution in [0.15, 0.2) is 59.1 Å². The van der Waals surface area contributed by atoms with E-state index in [9.17, 15) is 13.2 Å². The zero-order chi connectivity index (χ0) is 21.1. The number of aromatic nitrogens is 2. The number of sulfonamides is 1. The Morgan fingerprint density at radius 1 is 1.23 bits per heavy atom. The first-order valence-corrected chi connectivity index (χ1v) is 12.1. The zero-order valence-corrected chi connectivity index (χ0v) is 18.3. The minimum absolute atomic E-state index is 0.148. The Morgan fingerprint density at radius 2 is 2.07 bits per heavy atom. The highest BCUT2D eigenvalue weighted by atomic mass is 32.2. The van der Waals surface area contributed by atoms with Gasteiger partial charge in [-0.15, -0.1) is 11.3 Å². The molecule has 1 unspecified atom stereocenters. The summed E-state index contributed by atoms with van der Waals surface area (Å²) in [6, 6.07) is 12.9. The van der Waals surface area contributed by atoms with Crippen LogP contribution in [-0.2, 0) is 21.4 Å². The minimum atomic E-state index is -3.56. The van der Waals surface area contributed by atoms with Crippen LogP contribution in [0.3, 0.4) is 0 Å². The molecule has 1 aliphatic rings. The molecule has 1 fully saturated rings. The first kappa shape index (κ1) is 20.8. The second-order valence-corrected chi connectivity index (χ2v) is 10.9. The third kappa shape index (κ3) is 4.48. The second kappa shape index (κ2) is 8.71. The molecule has 1 saturated heterocycles. The van der Waals surface area contributed by atoms with E-state index in [1.807, 2.05) is 49.5 Å². The molecular formula is C21H24N4O3S2. The van der Waals surface area contributed by atoms with Crippen LogP contribution in [0.2, 0.25) is 0 Å². The quantitative estimate of drug-likeness (QED) is 0.632. The molecule has 0 saturated carbocycles. The number of nitrogens with zero attached hydrogens (tertiary/aromatic N) is 3. The molecule has 1 aromatic carbocycles. The lowest BCUT2D eigenvalue weighted by atomic mass is 9.98. The Balaban J connectivity index is 1.47. The van der Waals surface area contributed by atoms with Crippen LogP contribution in [-0.4, -0.2) is 41.5 Å². The summed E-state index contributed by atoms with van der Waals surface area (Å²) in [5.41, 5.74) is 1.68. The SMILES string of the molecule is Cc1ccc(S(=O)(=O)N2CCCC(C(=O)Nc3ccccc3Cn3cccn3)C2)s1. The predicted molar refractivity (Wildman–Crippen MR) is 117 cm³/mol. The Morgan fingerprint density at radius 3 is 2.80 bits per heavy atom. The molecule has 0 radical (unpaired) electrons. The number of amides is 1. The van der Waals surface area contributed by atoms with Crippen molar-refractivity contribution < 1.29 is 13.2 Å². The number of thiophene rings is 1. The summed E-state index contributed by atoms with van der Waals surface area (Å²) in [6.45, 7) is 3.08. The van der Waals surface area contributed by atoms with E-state index in [2.05, 4.69) is 10.4 Å². The third-order valence-corrected chi connectivity index (χ3v) is 8.56. The maximum Gasteiger partial charge on any atom is 0.252 e. The van der Waals surface area contributed by atoms with Crippen LogP contribution < -0.4 is 5.32 Å². The van der Waals surface area contributed by atoms with Gasteiger partial charge in [0.25, 0.3) is 10.0 Å². The lowest BCUT2D eigenvalue weighted by Gasteiger charge is -2.31. The largest absolute Gasteiger partial charge is 0.325 e. The summed E-state index contributed by atoms with van der Waals surface area (Å²) in [5.74, 6) is -0.530. The van der Waals surface area contributed by atoms with E-state index < -0.39 is 10.0 Å². The van der Waals surface area contributed by atoms with Crippen molar-refractivity contribution in [1.29, 1.82) is 0 Å². The molecule has 0 aliphatic carbocycles. The fourth-order valence-corrected chi connectivity index (χ4v) is 6.60. The molecule has 30 heavy (non-hydrogen) atoms. The molecule has 7 nitrogen and oxygen atoms in total. The number of piperidine rings is 1. The molecule has 3 heterocycles. The number of carbonyl (C=O) groups excluding carboxylic acids is 1. The van der Waals surface area contributed by atoms with Gasteiger partial charge in [0.15, 0.2) is 0 Å². The van der Waals surface area contributed by atoms with E-state index in [1.165, 1.54) is 15.6 Å². The van der Waals surface area contributed by atoms with Gasteiger partial charge in [-0.1, -0.05) is 18.2 Å². The van der Waals surface area contributed by atoms with Crippen molar-refractivity contribution in [2.24, 2.45) is 5.92 Å². The van der Waals surface area contributed by atoms with Gasteiger partial charge in [-0.2, -0.15) is 9.40 Å². The van der Waals surface area contributed by atoms with Gasteiger partial charge < -0.3 is 5.32 Å². The Kier molecular flexibility index (Phi) is 6.03. The van der Waals surface area contributed by atoms with Gasteiger partial charge in [-0.3, -0.25) is 9.48 Å². The molecule has 2 aromatic heterocycles. The van der Waals surface area contributed by atoms with Crippen molar-refractivity contribution in [2.75, 3.05) is 18.4 Å². The molecule has 1 amide bonds. The van der Waals surface area contributed by atoms with Crippen LogP contribution in [0, 0.1) is 12.8 Å². The van der Waals surface area contributed by atoms with E-state index in [4.69, 9.17) is 0 Å². The number of para-hydroxylation sites is 1. The highest BCUT2D eigenvalue weighted by Gasteiger charge is 2.34. The molecule has 1 N–H and O–H groups in total. The number of hydrogen-bond acceptors (Lipinski definition) is 5. The number of hydrogen-bond donors (Lipinski definition) is 1. The van der Waals surface area contributed by atoms with E-state index in [0.29, 0.717) is 30.1 Å². The highest BCUT2D eigenvalue weighted by Crippen LogP contribution is 2.29.